The van der Waals surface area contributed by atoms with Crippen LogP contribution in [0.4, 0.5) is 16.0 Å². The number of aromatic nitrogens is 3. The van der Waals surface area contributed by atoms with Crippen LogP contribution < -0.4 is 10.1 Å². The van der Waals surface area contributed by atoms with Gasteiger partial charge in [0.1, 0.15) is 24.5 Å². The van der Waals surface area contributed by atoms with Gasteiger partial charge in [0.05, 0.1) is 17.9 Å². The molecule has 1 heterocycles. The molecule has 8 nitrogen and oxygen atoms in total. The molecule has 3 aromatic rings. The Bertz CT molecular complexity index is 1140. The number of hydrogen-bond donors (Lipinski definition) is 1. The zero-order chi connectivity index (χ0) is 22.3. The lowest BCUT2D eigenvalue weighted by Crippen LogP contribution is -2.08. The molecule has 0 radical (unpaired) electrons. The number of ether oxygens (including phenoxy) is 2. The molecule has 10 heteroatoms. The molecule has 3 rings (SSSR count). The molecule has 0 amide bonds. The normalized spacial score (nSPS) is 11.3. The summed E-state index contributed by atoms with van der Waals surface area (Å²) in [5.41, 5.74) is 1.78. The number of hydrogen-bond acceptors (Lipinski definition) is 8. The summed E-state index contributed by atoms with van der Waals surface area (Å²) in [4.78, 5) is 12.7. The number of anilines is 2. The quantitative estimate of drug-likeness (QED) is 0.473. The van der Waals surface area contributed by atoms with Crippen molar-refractivity contribution in [1.82, 2.24) is 15.0 Å². The highest BCUT2D eigenvalue weighted by atomic mass is 32.2. The molecule has 0 aliphatic rings. The van der Waals surface area contributed by atoms with Crippen molar-refractivity contribution in [2.45, 2.75) is 12.7 Å². The molecule has 2 aromatic carbocycles. The second kappa shape index (κ2) is 10.3. The zero-order valence-corrected chi connectivity index (χ0v) is 18.0. The summed E-state index contributed by atoms with van der Waals surface area (Å²) in [6.07, 6.45) is 2.51. The Morgan fingerprint density at radius 3 is 2.71 bits per heavy atom. The van der Waals surface area contributed by atoms with Crippen molar-refractivity contribution in [1.29, 1.82) is 0 Å². The van der Waals surface area contributed by atoms with E-state index in [1.54, 1.807) is 24.3 Å². The predicted molar refractivity (Wildman–Crippen MR) is 115 cm³/mol. The van der Waals surface area contributed by atoms with Crippen LogP contribution in [0.3, 0.4) is 0 Å². The van der Waals surface area contributed by atoms with Crippen molar-refractivity contribution in [3.63, 3.8) is 0 Å². The molecule has 0 saturated heterocycles. The lowest BCUT2D eigenvalue weighted by molar-refractivity contribution is 0.110. The van der Waals surface area contributed by atoms with Crippen molar-refractivity contribution >= 4 is 21.5 Å². The van der Waals surface area contributed by atoms with E-state index in [0.717, 1.165) is 0 Å². The molecule has 31 heavy (non-hydrogen) atoms. The first-order valence-electron chi connectivity index (χ1n) is 9.57. The van der Waals surface area contributed by atoms with E-state index in [1.165, 1.54) is 30.8 Å². The molecular weight excluding hydrogens is 423 g/mol. The Labute approximate surface area is 180 Å². The maximum atomic E-state index is 13.7. The minimum Gasteiger partial charge on any atom is -0.490 e. The van der Waals surface area contributed by atoms with E-state index in [9.17, 15) is 12.8 Å². The van der Waals surface area contributed by atoms with Crippen molar-refractivity contribution in [2.75, 3.05) is 31.4 Å². The molecule has 0 fully saturated rings. The maximum Gasteiger partial charge on any atom is 0.230 e. The standard InChI is InChI=1S/C21H23FN4O4S/c1-3-29-9-10-30-19-12-16(22)7-8-18(19)20-23-14-24-21(26-20)25-17-6-4-5-15(11-17)13-31(2,27)28/h4-8,11-12,14H,3,9-10,13H2,1-2H3,(H,23,24,25,26). The fourth-order valence-electron chi connectivity index (χ4n) is 2.81. The van der Waals surface area contributed by atoms with Crippen LogP contribution in [0.5, 0.6) is 5.75 Å². The van der Waals surface area contributed by atoms with Gasteiger partial charge in [0.15, 0.2) is 15.7 Å². The highest BCUT2D eigenvalue weighted by Gasteiger charge is 2.13. The van der Waals surface area contributed by atoms with E-state index in [1.807, 2.05) is 6.92 Å². The van der Waals surface area contributed by atoms with E-state index in [-0.39, 0.29) is 18.3 Å². The lowest BCUT2D eigenvalue weighted by atomic mass is 10.2. The van der Waals surface area contributed by atoms with Crippen LogP contribution in [0.15, 0.2) is 48.8 Å². The second-order valence-corrected chi connectivity index (χ2v) is 8.85. The predicted octanol–water partition coefficient (Wildman–Crippen LogP) is 3.38. The van der Waals surface area contributed by atoms with Crippen LogP contribution in [0, 0.1) is 5.82 Å². The van der Waals surface area contributed by atoms with Gasteiger partial charge in [0, 0.05) is 24.6 Å². The molecule has 1 N–H and O–H groups in total. The summed E-state index contributed by atoms with van der Waals surface area (Å²) in [7, 11) is -3.15. The molecule has 0 aliphatic heterocycles. The molecule has 0 saturated carbocycles. The van der Waals surface area contributed by atoms with Crippen molar-refractivity contribution < 1.29 is 22.3 Å². The van der Waals surface area contributed by atoms with Crippen molar-refractivity contribution in [3.8, 4) is 17.1 Å². The molecule has 0 aliphatic carbocycles. The minimum atomic E-state index is -3.15. The first kappa shape index (κ1) is 22.6. The van der Waals surface area contributed by atoms with Crippen molar-refractivity contribution in [3.05, 3.63) is 60.2 Å². The van der Waals surface area contributed by atoms with Gasteiger partial charge in [0.25, 0.3) is 0 Å². The molecule has 0 bridgehead atoms. The van der Waals surface area contributed by atoms with Crippen LogP contribution in [0.1, 0.15) is 12.5 Å². The van der Waals surface area contributed by atoms with Gasteiger partial charge in [-0.2, -0.15) is 4.98 Å². The third kappa shape index (κ3) is 6.97. The van der Waals surface area contributed by atoms with E-state index < -0.39 is 15.7 Å². The average molecular weight is 447 g/mol. The number of nitrogens with zero attached hydrogens (tertiary/aromatic N) is 3. The monoisotopic (exact) mass is 446 g/mol. The first-order valence-corrected chi connectivity index (χ1v) is 11.6. The van der Waals surface area contributed by atoms with Gasteiger partial charge in [-0.25, -0.2) is 22.8 Å². The minimum absolute atomic E-state index is 0.0665. The summed E-state index contributed by atoms with van der Waals surface area (Å²) in [5, 5.41) is 3.04. The molecule has 1 aromatic heterocycles. The number of rotatable bonds is 10. The van der Waals surface area contributed by atoms with E-state index in [0.29, 0.717) is 41.6 Å². The SMILES string of the molecule is CCOCCOc1cc(F)ccc1-c1ncnc(Nc2cccc(CS(C)(=O)=O)c2)n1. The summed E-state index contributed by atoms with van der Waals surface area (Å²) < 4.78 is 47.7. The summed E-state index contributed by atoms with van der Waals surface area (Å²) in [6.45, 7) is 3.07. The number of sulfone groups is 1. The van der Waals surface area contributed by atoms with E-state index in [4.69, 9.17) is 9.47 Å². The van der Waals surface area contributed by atoms with Crippen LogP contribution in [-0.4, -0.2) is 49.4 Å². The molecule has 0 unspecified atom stereocenters. The van der Waals surface area contributed by atoms with Gasteiger partial charge in [-0.3, -0.25) is 0 Å². The van der Waals surface area contributed by atoms with Gasteiger partial charge >= 0.3 is 0 Å². The molecular formula is C21H23FN4O4S. The zero-order valence-electron chi connectivity index (χ0n) is 17.2. The van der Waals surface area contributed by atoms with Crippen LogP contribution in [0.2, 0.25) is 0 Å². The van der Waals surface area contributed by atoms with E-state index >= 15 is 0 Å². The Morgan fingerprint density at radius 2 is 1.94 bits per heavy atom. The fraction of sp³-hybridized carbons (Fsp3) is 0.286. The van der Waals surface area contributed by atoms with Gasteiger partial charge in [-0.1, -0.05) is 12.1 Å². The summed E-state index contributed by atoms with van der Waals surface area (Å²) in [5.74, 6) is 0.350. The Balaban J connectivity index is 1.82. The Kier molecular flexibility index (Phi) is 7.48. The fourth-order valence-corrected chi connectivity index (χ4v) is 3.60. The Morgan fingerprint density at radius 1 is 1.10 bits per heavy atom. The third-order valence-electron chi connectivity index (χ3n) is 4.06. The van der Waals surface area contributed by atoms with Gasteiger partial charge in [0.2, 0.25) is 5.95 Å². The number of nitrogens with one attached hydrogen (secondary N) is 1. The molecule has 164 valence electrons. The van der Waals surface area contributed by atoms with Crippen LogP contribution in [0.25, 0.3) is 11.4 Å². The lowest BCUT2D eigenvalue weighted by Gasteiger charge is -2.12. The maximum absolute atomic E-state index is 13.7. The highest BCUT2D eigenvalue weighted by molar-refractivity contribution is 7.89. The molecule has 0 atom stereocenters. The highest BCUT2D eigenvalue weighted by Crippen LogP contribution is 2.29. The van der Waals surface area contributed by atoms with E-state index in [2.05, 4.69) is 20.3 Å². The largest absolute Gasteiger partial charge is 0.490 e. The number of halogens is 1. The van der Waals surface area contributed by atoms with Gasteiger partial charge in [-0.15, -0.1) is 0 Å². The second-order valence-electron chi connectivity index (χ2n) is 6.71. The van der Waals surface area contributed by atoms with Crippen LogP contribution >= 0.6 is 0 Å². The first-order chi connectivity index (χ1) is 14.8. The van der Waals surface area contributed by atoms with Crippen molar-refractivity contribution in [2.24, 2.45) is 0 Å². The average Bonchev–Trinajstić information content (AvgIpc) is 2.70. The topological polar surface area (TPSA) is 103 Å². The van der Waals surface area contributed by atoms with Gasteiger partial charge in [-0.05, 0) is 36.8 Å². The third-order valence-corrected chi connectivity index (χ3v) is 4.92. The number of benzene rings is 2. The smallest absolute Gasteiger partial charge is 0.230 e. The van der Waals surface area contributed by atoms with Gasteiger partial charge < -0.3 is 14.8 Å². The Hall–Kier alpha value is -3.11. The van der Waals surface area contributed by atoms with Crippen LogP contribution in [-0.2, 0) is 20.3 Å². The molecule has 0 spiro atoms. The summed E-state index contributed by atoms with van der Waals surface area (Å²) in [6, 6.07) is 11.1. The summed E-state index contributed by atoms with van der Waals surface area (Å²) >= 11 is 0.